The molecule has 0 unspecified atom stereocenters. The second-order valence-corrected chi connectivity index (χ2v) is 4.42. The van der Waals surface area contributed by atoms with Crippen LogP contribution in [0.4, 0.5) is 5.69 Å². The van der Waals surface area contributed by atoms with Gasteiger partial charge in [0.2, 0.25) is 0 Å². The number of carbonyl (C=O) groups is 1. The summed E-state index contributed by atoms with van der Waals surface area (Å²) in [6.07, 6.45) is 2.67. The second-order valence-electron chi connectivity index (χ2n) is 4.42. The predicted octanol–water partition coefficient (Wildman–Crippen LogP) is 2.40. The molecule has 0 aliphatic carbocycles. The molecule has 5 nitrogen and oxygen atoms in total. The summed E-state index contributed by atoms with van der Waals surface area (Å²) in [4.78, 5) is 18.8. The van der Waals surface area contributed by atoms with Crippen LogP contribution in [0.3, 0.4) is 0 Å². The third-order valence-corrected chi connectivity index (χ3v) is 2.71. The van der Waals surface area contributed by atoms with Gasteiger partial charge in [-0.15, -0.1) is 0 Å². The van der Waals surface area contributed by atoms with E-state index in [2.05, 4.69) is 21.4 Å². The maximum Gasteiger partial charge on any atom is 0.339 e. The number of rotatable bonds is 4. The van der Waals surface area contributed by atoms with Gasteiger partial charge in [-0.05, 0) is 37.1 Å². The third-order valence-electron chi connectivity index (χ3n) is 2.71. The number of carboxylic acids is 1. The van der Waals surface area contributed by atoms with Crippen LogP contribution in [-0.4, -0.2) is 21.0 Å². The van der Waals surface area contributed by atoms with E-state index in [4.69, 9.17) is 5.11 Å². The number of aromatic nitrogens is 2. The molecule has 0 aliphatic rings. The monoisotopic (exact) mass is 257 g/mol. The Hall–Kier alpha value is -2.43. The topological polar surface area (TPSA) is 75.1 Å². The van der Waals surface area contributed by atoms with E-state index in [-0.39, 0.29) is 5.56 Å². The Morgan fingerprint density at radius 2 is 1.95 bits per heavy atom. The summed E-state index contributed by atoms with van der Waals surface area (Å²) < 4.78 is 0. The molecule has 1 aromatic carbocycles. The molecule has 1 aromatic heterocycles. The number of nitrogens with zero attached hydrogens (tertiary/aromatic N) is 2. The minimum Gasteiger partial charge on any atom is -0.478 e. The molecule has 98 valence electrons. The number of benzene rings is 1. The number of nitrogens with one attached hydrogen (secondary N) is 1. The largest absolute Gasteiger partial charge is 0.478 e. The fourth-order valence-electron chi connectivity index (χ4n) is 1.94. The van der Waals surface area contributed by atoms with Crippen molar-refractivity contribution in [3.8, 4) is 0 Å². The van der Waals surface area contributed by atoms with Crippen molar-refractivity contribution in [1.82, 2.24) is 9.97 Å². The fourth-order valence-corrected chi connectivity index (χ4v) is 1.94. The van der Waals surface area contributed by atoms with E-state index >= 15 is 0 Å². The van der Waals surface area contributed by atoms with E-state index in [0.29, 0.717) is 12.2 Å². The summed E-state index contributed by atoms with van der Waals surface area (Å²) in [5.41, 5.74) is 3.86. The highest BCUT2D eigenvalue weighted by molar-refractivity contribution is 5.88. The smallest absolute Gasteiger partial charge is 0.339 e. The molecular weight excluding hydrogens is 242 g/mol. The van der Waals surface area contributed by atoms with Crippen LogP contribution in [0.25, 0.3) is 0 Å². The highest BCUT2D eigenvalue weighted by atomic mass is 16.4. The summed E-state index contributed by atoms with van der Waals surface area (Å²) in [6, 6.07) is 6.10. The molecule has 2 rings (SSSR count). The van der Waals surface area contributed by atoms with Gasteiger partial charge in [-0.2, -0.15) is 0 Å². The molecule has 0 bridgehead atoms. The molecule has 2 aromatic rings. The third kappa shape index (κ3) is 3.28. The van der Waals surface area contributed by atoms with Gasteiger partial charge in [0.05, 0.1) is 12.2 Å². The molecule has 1 heterocycles. The first kappa shape index (κ1) is 13.0. The molecule has 2 N–H and O–H groups in total. The quantitative estimate of drug-likeness (QED) is 0.879. The first-order chi connectivity index (χ1) is 9.06. The number of aromatic carboxylic acids is 1. The number of hydrogen-bond acceptors (Lipinski definition) is 4. The zero-order valence-electron chi connectivity index (χ0n) is 10.8. The van der Waals surface area contributed by atoms with Crippen LogP contribution in [0.15, 0.2) is 30.7 Å². The van der Waals surface area contributed by atoms with Crippen molar-refractivity contribution in [1.29, 1.82) is 0 Å². The highest BCUT2D eigenvalue weighted by Gasteiger charge is 2.10. The minimum absolute atomic E-state index is 0.124. The summed E-state index contributed by atoms with van der Waals surface area (Å²) in [5.74, 6) is -1.02. The summed E-state index contributed by atoms with van der Waals surface area (Å²) >= 11 is 0. The van der Waals surface area contributed by atoms with Gasteiger partial charge in [-0.1, -0.05) is 6.07 Å². The number of aryl methyl sites for hydroxylation is 2. The molecule has 0 saturated carbocycles. The maximum absolute atomic E-state index is 11.0. The van der Waals surface area contributed by atoms with E-state index in [9.17, 15) is 4.79 Å². The highest BCUT2D eigenvalue weighted by Crippen LogP contribution is 2.15. The van der Waals surface area contributed by atoms with Gasteiger partial charge in [0.25, 0.3) is 0 Å². The first-order valence-corrected chi connectivity index (χ1v) is 5.90. The Balaban J connectivity index is 2.16. The van der Waals surface area contributed by atoms with Gasteiger partial charge in [-0.3, -0.25) is 0 Å². The van der Waals surface area contributed by atoms with Crippen molar-refractivity contribution in [2.45, 2.75) is 20.4 Å². The van der Waals surface area contributed by atoms with Crippen LogP contribution in [-0.2, 0) is 6.54 Å². The van der Waals surface area contributed by atoms with Crippen molar-refractivity contribution in [3.63, 3.8) is 0 Å². The summed E-state index contributed by atoms with van der Waals surface area (Å²) in [6.45, 7) is 4.39. The lowest BCUT2D eigenvalue weighted by molar-refractivity contribution is 0.0694. The molecule has 0 fully saturated rings. The lowest BCUT2D eigenvalue weighted by Crippen LogP contribution is -2.10. The van der Waals surface area contributed by atoms with Crippen molar-refractivity contribution in [2.24, 2.45) is 0 Å². The molecule has 19 heavy (non-hydrogen) atoms. The average molecular weight is 257 g/mol. The Kier molecular flexibility index (Phi) is 3.75. The first-order valence-electron chi connectivity index (χ1n) is 5.90. The zero-order valence-corrected chi connectivity index (χ0v) is 10.8. The molecule has 5 heteroatoms. The SMILES string of the molecule is Cc1cc(C)cc(NCc2ncncc2C(=O)O)c1. The lowest BCUT2D eigenvalue weighted by atomic mass is 10.1. The number of hydrogen-bond donors (Lipinski definition) is 2. The molecule has 0 atom stereocenters. The van der Waals surface area contributed by atoms with E-state index in [1.165, 1.54) is 12.5 Å². The van der Waals surface area contributed by atoms with E-state index in [1.54, 1.807) is 0 Å². The Labute approximate surface area is 111 Å². The molecule has 0 aliphatic heterocycles. The molecule has 0 spiro atoms. The van der Waals surface area contributed by atoms with E-state index in [1.807, 2.05) is 26.0 Å². The average Bonchev–Trinajstić information content (AvgIpc) is 2.35. The van der Waals surface area contributed by atoms with E-state index < -0.39 is 5.97 Å². The fraction of sp³-hybridized carbons (Fsp3) is 0.214. The standard InChI is InChI=1S/C14H15N3O2/c1-9-3-10(2)5-11(4-9)16-7-13-12(14(18)19)6-15-8-17-13/h3-6,8,16H,7H2,1-2H3,(H,18,19). The van der Waals surface area contributed by atoms with Gasteiger partial charge in [-0.25, -0.2) is 14.8 Å². The van der Waals surface area contributed by atoms with Crippen molar-refractivity contribution < 1.29 is 9.90 Å². The van der Waals surface area contributed by atoms with Gasteiger partial charge < -0.3 is 10.4 Å². The Morgan fingerprint density at radius 1 is 1.26 bits per heavy atom. The lowest BCUT2D eigenvalue weighted by Gasteiger charge is -2.09. The molecular formula is C14H15N3O2. The van der Waals surface area contributed by atoms with Gasteiger partial charge in [0.1, 0.15) is 11.9 Å². The molecule has 0 saturated heterocycles. The molecule has 0 radical (unpaired) electrons. The molecule has 0 amide bonds. The Morgan fingerprint density at radius 3 is 2.58 bits per heavy atom. The zero-order chi connectivity index (χ0) is 13.8. The minimum atomic E-state index is -1.02. The van der Waals surface area contributed by atoms with Crippen molar-refractivity contribution >= 4 is 11.7 Å². The number of carboxylic acid groups (broad SMARTS) is 1. The van der Waals surface area contributed by atoms with E-state index in [0.717, 1.165) is 16.8 Å². The summed E-state index contributed by atoms with van der Waals surface area (Å²) in [7, 11) is 0. The van der Waals surface area contributed by atoms with Crippen molar-refractivity contribution in [2.75, 3.05) is 5.32 Å². The number of anilines is 1. The van der Waals surface area contributed by atoms with Crippen LogP contribution in [0.5, 0.6) is 0 Å². The maximum atomic E-state index is 11.0. The van der Waals surface area contributed by atoms with Gasteiger partial charge >= 0.3 is 5.97 Å². The van der Waals surface area contributed by atoms with Crippen molar-refractivity contribution in [3.05, 3.63) is 53.1 Å². The normalized spacial score (nSPS) is 10.2. The summed E-state index contributed by atoms with van der Waals surface area (Å²) in [5, 5.41) is 12.2. The Bertz CT molecular complexity index is 591. The van der Waals surface area contributed by atoms with Crippen LogP contribution >= 0.6 is 0 Å². The van der Waals surface area contributed by atoms with Crippen LogP contribution < -0.4 is 5.32 Å². The second kappa shape index (κ2) is 5.48. The van der Waals surface area contributed by atoms with Crippen LogP contribution in [0.1, 0.15) is 27.2 Å². The van der Waals surface area contributed by atoms with Crippen LogP contribution in [0, 0.1) is 13.8 Å². The van der Waals surface area contributed by atoms with Gasteiger partial charge in [0.15, 0.2) is 0 Å². The van der Waals surface area contributed by atoms with Gasteiger partial charge in [0, 0.05) is 11.9 Å². The predicted molar refractivity (Wildman–Crippen MR) is 72.2 cm³/mol. The van der Waals surface area contributed by atoms with Crippen LogP contribution in [0.2, 0.25) is 0 Å².